The highest BCUT2D eigenvalue weighted by Crippen LogP contribution is 2.09. The molecule has 0 aliphatic carbocycles. The number of carbonyl (C=O) groups is 1. The van der Waals surface area contributed by atoms with Crippen LogP contribution in [0, 0.1) is 17.1 Å². The number of ether oxygens (including phenoxy) is 1. The first kappa shape index (κ1) is 11.9. The van der Waals surface area contributed by atoms with Gasteiger partial charge in [0.1, 0.15) is 17.5 Å². The van der Waals surface area contributed by atoms with Crippen molar-refractivity contribution in [3.8, 4) is 6.07 Å². The second kappa shape index (κ2) is 5.66. The smallest absolute Gasteiger partial charge is 0.348 e. The molecule has 16 heavy (non-hydrogen) atoms. The predicted octanol–water partition coefficient (Wildman–Crippen LogP) is 2.30. The molecule has 0 bridgehead atoms. The molecule has 0 unspecified atom stereocenters. The Morgan fingerprint density at radius 1 is 1.50 bits per heavy atom. The predicted molar refractivity (Wildman–Crippen MR) is 56.6 cm³/mol. The van der Waals surface area contributed by atoms with Gasteiger partial charge in [-0.05, 0) is 30.7 Å². The van der Waals surface area contributed by atoms with Gasteiger partial charge in [0.2, 0.25) is 0 Å². The molecule has 0 aromatic heterocycles. The Bertz CT molecular complexity index is 443. The van der Waals surface area contributed by atoms with Gasteiger partial charge in [0.25, 0.3) is 0 Å². The van der Waals surface area contributed by atoms with Crippen LogP contribution >= 0.6 is 0 Å². The maximum Gasteiger partial charge on any atom is 0.348 e. The molecule has 0 saturated heterocycles. The molecule has 0 amide bonds. The third-order valence-electron chi connectivity index (χ3n) is 1.80. The van der Waals surface area contributed by atoms with Gasteiger partial charge in [0, 0.05) is 0 Å². The molecule has 1 aromatic rings. The van der Waals surface area contributed by atoms with Crippen molar-refractivity contribution in [2.75, 3.05) is 6.61 Å². The van der Waals surface area contributed by atoms with Crippen LogP contribution in [0.3, 0.4) is 0 Å². The summed E-state index contributed by atoms with van der Waals surface area (Å²) < 4.78 is 17.3. The molecule has 4 heteroatoms. The number of esters is 1. The summed E-state index contributed by atoms with van der Waals surface area (Å²) in [6, 6.07) is 7.21. The average Bonchev–Trinajstić information content (AvgIpc) is 2.28. The molecule has 0 atom stereocenters. The Morgan fingerprint density at radius 3 is 2.62 bits per heavy atom. The second-order valence-corrected chi connectivity index (χ2v) is 2.94. The number of benzene rings is 1. The zero-order valence-corrected chi connectivity index (χ0v) is 8.74. The lowest BCUT2D eigenvalue weighted by Gasteiger charge is -1.99. The SMILES string of the molecule is CCOC(=O)/C(C#N)=C/c1ccc(F)cc1. The minimum Gasteiger partial charge on any atom is -0.462 e. The van der Waals surface area contributed by atoms with E-state index in [0.717, 1.165) is 0 Å². The van der Waals surface area contributed by atoms with Crippen molar-refractivity contribution in [2.24, 2.45) is 0 Å². The van der Waals surface area contributed by atoms with E-state index in [9.17, 15) is 9.18 Å². The van der Waals surface area contributed by atoms with Crippen LogP contribution < -0.4 is 0 Å². The number of rotatable bonds is 3. The minimum atomic E-state index is -0.672. The van der Waals surface area contributed by atoms with Gasteiger partial charge in [-0.3, -0.25) is 0 Å². The molecule has 3 nitrogen and oxygen atoms in total. The van der Waals surface area contributed by atoms with Gasteiger partial charge in [0.05, 0.1) is 6.61 Å². The lowest BCUT2D eigenvalue weighted by Crippen LogP contribution is -2.05. The Hall–Kier alpha value is -2.15. The molecule has 0 heterocycles. The van der Waals surface area contributed by atoms with Crippen molar-refractivity contribution >= 4 is 12.0 Å². The van der Waals surface area contributed by atoms with E-state index in [0.29, 0.717) is 5.56 Å². The molecule has 0 radical (unpaired) electrons. The van der Waals surface area contributed by atoms with Crippen LogP contribution in [0.4, 0.5) is 4.39 Å². The van der Waals surface area contributed by atoms with Gasteiger partial charge < -0.3 is 4.74 Å². The van der Waals surface area contributed by atoms with E-state index in [1.807, 2.05) is 0 Å². The fourth-order valence-electron chi connectivity index (χ4n) is 1.07. The van der Waals surface area contributed by atoms with Crippen LogP contribution in [0.5, 0.6) is 0 Å². The molecule has 1 rings (SSSR count). The van der Waals surface area contributed by atoms with E-state index >= 15 is 0 Å². The fraction of sp³-hybridized carbons (Fsp3) is 0.167. The first-order valence-electron chi connectivity index (χ1n) is 4.72. The number of nitrogens with zero attached hydrogens (tertiary/aromatic N) is 1. The van der Waals surface area contributed by atoms with Gasteiger partial charge in [0.15, 0.2) is 0 Å². The van der Waals surface area contributed by atoms with Crippen LogP contribution in [-0.4, -0.2) is 12.6 Å². The number of carbonyl (C=O) groups excluding carboxylic acids is 1. The molecule has 0 fully saturated rings. The van der Waals surface area contributed by atoms with E-state index in [1.165, 1.54) is 30.3 Å². The van der Waals surface area contributed by atoms with Crippen molar-refractivity contribution < 1.29 is 13.9 Å². The quantitative estimate of drug-likeness (QED) is 0.445. The Morgan fingerprint density at radius 2 is 2.12 bits per heavy atom. The molecule has 82 valence electrons. The zero-order chi connectivity index (χ0) is 12.0. The standard InChI is InChI=1S/C12H10FNO2/c1-2-16-12(15)10(8-14)7-9-3-5-11(13)6-4-9/h3-7H,2H2,1H3/b10-7+. The van der Waals surface area contributed by atoms with E-state index in [-0.39, 0.29) is 18.0 Å². The van der Waals surface area contributed by atoms with Gasteiger partial charge in [-0.25, -0.2) is 9.18 Å². The van der Waals surface area contributed by atoms with Gasteiger partial charge >= 0.3 is 5.97 Å². The summed E-state index contributed by atoms with van der Waals surface area (Å²) >= 11 is 0. The maximum absolute atomic E-state index is 12.6. The van der Waals surface area contributed by atoms with E-state index < -0.39 is 5.97 Å². The normalized spacial score (nSPS) is 10.7. The van der Waals surface area contributed by atoms with Gasteiger partial charge in [-0.15, -0.1) is 0 Å². The first-order valence-corrected chi connectivity index (χ1v) is 4.72. The van der Waals surface area contributed by atoms with E-state index in [1.54, 1.807) is 13.0 Å². The number of halogens is 1. The first-order chi connectivity index (χ1) is 7.67. The van der Waals surface area contributed by atoms with Crippen LogP contribution in [0.1, 0.15) is 12.5 Å². The fourth-order valence-corrected chi connectivity index (χ4v) is 1.07. The van der Waals surface area contributed by atoms with Crippen molar-refractivity contribution in [2.45, 2.75) is 6.92 Å². The summed E-state index contributed by atoms with van der Waals surface area (Å²) in [7, 11) is 0. The summed E-state index contributed by atoms with van der Waals surface area (Å²) in [6.07, 6.45) is 1.36. The summed E-state index contributed by atoms with van der Waals surface area (Å²) in [5.41, 5.74) is 0.472. The lowest BCUT2D eigenvalue weighted by atomic mass is 10.1. The molecular weight excluding hydrogens is 209 g/mol. The molecule has 0 spiro atoms. The Kier molecular flexibility index (Phi) is 4.22. The molecule has 0 aliphatic rings. The summed E-state index contributed by atoms with van der Waals surface area (Å²) in [5.74, 6) is -1.04. The molecular formula is C12H10FNO2. The maximum atomic E-state index is 12.6. The third kappa shape index (κ3) is 3.21. The van der Waals surface area contributed by atoms with Crippen LogP contribution in [0.25, 0.3) is 6.08 Å². The van der Waals surface area contributed by atoms with E-state index in [4.69, 9.17) is 5.26 Å². The van der Waals surface area contributed by atoms with Crippen LogP contribution in [0.2, 0.25) is 0 Å². The molecule has 0 aliphatic heterocycles. The third-order valence-corrected chi connectivity index (χ3v) is 1.80. The van der Waals surface area contributed by atoms with Crippen molar-refractivity contribution in [3.63, 3.8) is 0 Å². The second-order valence-electron chi connectivity index (χ2n) is 2.94. The van der Waals surface area contributed by atoms with Crippen molar-refractivity contribution in [3.05, 3.63) is 41.2 Å². The van der Waals surface area contributed by atoms with Gasteiger partial charge in [-0.1, -0.05) is 12.1 Å². The highest BCUT2D eigenvalue weighted by Gasteiger charge is 2.09. The monoisotopic (exact) mass is 219 g/mol. The average molecular weight is 219 g/mol. The van der Waals surface area contributed by atoms with Crippen LogP contribution in [0.15, 0.2) is 29.8 Å². The van der Waals surface area contributed by atoms with Crippen LogP contribution in [-0.2, 0) is 9.53 Å². The summed E-state index contributed by atoms with van der Waals surface area (Å²) in [4.78, 5) is 11.3. The Labute approximate surface area is 92.8 Å². The number of hydrogen-bond acceptors (Lipinski definition) is 3. The minimum absolute atomic E-state index is 0.103. The molecule has 0 N–H and O–H groups in total. The topological polar surface area (TPSA) is 50.1 Å². The lowest BCUT2D eigenvalue weighted by molar-refractivity contribution is -0.137. The Balaban J connectivity index is 2.92. The molecule has 0 saturated carbocycles. The van der Waals surface area contributed by atoms with E-state index in [2.05, 4.69) is 4.74 Å². The largest absolute Gasteiger partial charge is 0.462 e. The van der Waals surface area contributed by atoms with Crippen molar-refractivity contribution in [1.29, 1.82) is 5.26 Å². The summed E-state index contributed by atoms with van der Waals surface area (Å²) in [5, 5.41) is 8.75. The number of nitriles is 1. The highest BCUT2D eigenvalue weighted by atomic mass is 19.1. The molecule has 1 aromatic carbocycles. The van der Waals surface area contributed by atoms with Crippen molar-refractivity contribution in [1.82, 2.24) is 0 Å². The number of hydrogen-bond donors (Lipinski definition) is 0. The highest BCUT2D eigenvalue weighted by molar-refractivity contribution is 5.97. The zero-order valence-electron chi connectivity index (χ0n) is 8.74. The summed E-state index contributed by atoms with van der Waals surface area (Å²) in [6.45, 7) is 1.87. The van der Waals surface area contributed by atoms with Gasteiger partial charge in [-0.2, -0.15) is 5.26 Å².